The van der Waals surface area contributed by atoms with E-state index in [1.807, 2.05) is 31.2 Å². The molecule has 4 heteroatoms. The predicted molar refractivity (Wildman–Crippen MR) is 82.3 cm³/mol. The molecule has 0 aliphatic heterocycles. The smallest absolute Gasteiger partial charge is 0.223 e. The lowest BCUT2D eigenvalue weighted by Gasteiger charge is -2.26. The third kappa shape index (κ3) is 4.74. The number of carbonyl (C=O) groups is 1. The summed E-state index contributed by atoms with van der Waals surface area (Å²) in [5, 5.41) is 12.4. The summed E-state index contributed by atoms with van der Waals surface area (Å²) in [7, 11) is 0. The van der Waals surface area contributed by atoms with Crippen LogP contribution < -0.4 is 10.1 Å². The van der Waals surface area contributed by atoms with Crippen molar-refractivity contribution >= 4 is 5.91 Å². The van der Waals surface area contributed by atoms with Crippen molar-refractivity contribution < 1.29 is 14.6 Å². The van der Waals surface area contributed by atoms with Crippen molar-refractivity contribution in [2.75, 3.05) is 19.8 Å². The highest BCUT2D eigenvalue weighted by atomic mass is 16.5. The van der Waals surface area contributed by atoms with Crippen LogP contribution in [-0.2, 0) is 4.79 Å². The Morgan fingerprint density at radius 2 is 2.14 bits per heavy atom. The van der Waals surface area contributed by atoms with Crippen molar-refractivity contribution in [3.05, 3.63) is 29.8 Å². The molecule has 1 aliphatic rings. The number of benzene rings is 1. The molecule has 0 saturated heterocycles. The van der Waals surface area contributed by atoms with Crippen molar-refractivity contribution in [3.63, 3.8) is 0 Å². The second-order valence-electron chi connectivity index (χ2n) is 6.06. The molecule has 0 bridgehead atoms. The fraction of sp³-hybridized carbons (Fsp3) is 0.588. The summed E-state index contributed by atoms with van der Waals surface area (Å²) in [6.07, 6.45) is 4.64. The topological polar surface area (TPSA) is 58.6 Å². The van der Waals surface area contributed by atoms with E-state index in [9.17, 15) is 9.90 Å². The van der Waals surface area contributed by atoms with Crippen LogP contribution in [0.25, 0.3) is 0 Å². The van der Waals surface area contributed by atoms with Gasteiger partial charge in [0.15, 0.2) is 0 Å². The molecular weight excluding hydrogens is 266 g/mol. The molecule has 1 saturated carbocycles. The molecule has 0 spiro atoms. The molecule has 2 N–H and O–H groups in total. The average molecular weight is 291 g/mol. The summed E-state index contributed by atoms with van der Waals surface area (Å²) in [4.78, 5) is 11.8. The van der Waals surface area contributed by atoms with E-state index in [0.717, 1.165) is 37.0 Å². The Labute approximate surface area is 126 Å². The minimum Gasteiger partial charge on any atom is -0.493 e. The van der Waals surface area contributed by atoms with Gasteiger partial charge in [-0.15, -0.1) is 0 Å². The van der Waals surface area contributed by atoms with Gasteiger partial charge in [-0.05, 0) is 37.5 Å². The zero-order valence-electron chi connectivity index (χ0n) is 12.7. The number of hydrogen-bond donors (Lipinski definition) is 2. The SMILES string of the molecule is Cc1cccc(OCCC(=O)NCC2(CO)CCCC2)c1. The Hall–Kier alpha value is -1.55. The quantitative estimate of drug-likeness (QED) is 0.811. The molecule has 1 aromatic rings. The maximum atomic E-state index is 11.8. The van der Waals surface area contributed by atoms with E-state index in [-0.39, 0.29) is 17.9 Å². The predicted octanol–water partition coefficient (Wildman–Crippen LogP) is 2.43. The number of ether oxygens (including phenoxy) is 1. The molecule has 0 aromatic heterocycles. The third-order valence-corrected chi connectivity index (χ3v) is 4.25. The van der Waals surface area contributed by atoms with Crippen LogP contribution in [0.2, 0.25) is 0 Å². The van der Waals surface area contributed by atoms with Gasteiger partial charge >= 0.3 is 0 Å². The van der Waals surface area contributed by atoms with E-state index in [0.29, 0.717) is 19.6 Å². The first-order valence-corrected chi connectivity index (χ1v) is 7.71. The van der Waals surface area contributed by atoms with Gasteiger partial charge in [0.05, 0.1) is 19.6 Å². The van der Waals surface area contributed by atoms with Crippen LogP contribution in [-0.4, -0.2) is 30.8 Å². The van der Waals surface area contributed by atoms with Gasteiger partial charge < -0.3 is 15.2 Å². The van der Waals surface area contributed by atoms with E-state index in [4.69, 9.17) is 4.74 Å². The van der Waals surface area contributed by atoms with Gasteiger partial charge in [0.1, 0.15) is 5.75 Å². The van der Waals surface area contributed by atoms with E-state index in [1.54, 1.807) is 0 Å². The molecule has 2 rings (SSSR count). The highest BCUT2D eigenvalue weighted by Crippen LogP contribution is 2.36. The first-order chi connectivity index (χ1) is 10.1. The minimum atomic E-state index is -0.0902. The number of aliphatic hydroxyl groups is 1. The summed E-state index contributed by atoms with van der Waals surface area (Å²) in [6.45, 7) is 3.12. The van der Waals surface area contributed by atoms with Crippen molar-refractivity contribution in [2.24, 2.45) is 5.41 Å². The van der Waals surface area contributed by atoms with Crippen molar-refractivity contribution in [1.29, 1.82) is 0 Å². The van der Waals surface area contributed by atoms with Gasteiger partial charge in [0, 0.05) is 12.0 Å². The number of aryl methyl sites for hydroxylation is 1. The van der Waals surface area contributed by atoms with E-state index in [1.165, 1.54) is 0 Å². The van der Waals surface area contributed by atoms with Crippen LogP contribution in [0.1, 0.15) is 37.7 Å². The fourth-order valence-electron chi connectivity index (χ4n) is 2.86. The Morgan fingerprint density at radius 1 is 1.38 bits per heavy atom. The van der Waals surface area contributed by atoms with Crippen LogP contribution in [0.3, 0.4) is 0 Å². The van der Waals surface area contributed by atoms with Crippen molar-refractivity contribution in [1.82, 2.24) is 5.32 Å². The number of aliphatic hydroxyl groups excluding tert-OH is 1. The molecule has 0 heterocycles. The Balaban J connectivity index is 1.68. The summed E-state index contributed by atoms with van der Waals surface area (Å²) in [5.41, 5.74) is 1.05. The van der Waals surface area contributed by atoms with E-state index < -0.39 is 0 Å². The molecule has 4 nitrogen and oxygen atoms in total. The molecule has 0 unspecified atom stereocenters. The molecule has 1 amide bonds. The Bertz CT molecular complexity index is 467. The second-order valence-corrected chi connectivity index (χ2v) is 6.06. The van der Waals surface area contributed by atoms with Gasteiger partial charge in [0.2, 0.25) is 5.91 Å². The van der Waals surface area contributed by atoms with Gasteiger partial charge in [0.25, 0.3) is 0 Å². The summed E-state index contributed by atoms with van der Waals surface area (Å²) < 4.78 is 5.57. The summed E-state index contributed by atoms with van der Waals surface area (Å²) in [5.74, 6) is 0.785. The molecular formula is C17H25NO3. The lowest BCUT2D eigenvalue weighted by atomic mass is 9.87. The van der Waals surface area contributed by atoms with Gasteiger partial charge in [-0.25, -0.2) is 0 Å². The van der Waals surface area contributed by atoms with Crippen LogP contribution in [0.5, 0.6) is 5.75 Å². The van der Waals surface area contributed by atoms with Crippen LogP contribution in [0.4, 0.5) is 0 Å². The van der Waals surface area contributed by atoms with Crippen LogP contribution in [0.15, 0.2) is 24.3 Å². The molecule has 1 aromatic carbocycles. The normalized spacial score (nSPS) is 16.7. The average Bonchev–Trinajstić information content (AvgIpc) is 2.95. The molecule has 1 aliphatic carbocycles. The maximum absolute atomic E-state index is 11.8. The zero-order chi connectivity index (χ0) is 15.1. The first-order valence-electron chi connectivity index (χ1n) is 7.71. The monoisotopic (exact) mass is 291 g/mol. The number of carbonyl (C=O) groups excluding carboxylic acids is 1. The standard InChI is InChI=1S/C17H25NO3/c1-14-5-4-6-15(11-14)21-10-7-16(20)18-12-17(13-19)8-2-3-9-17/h4-6,11,19H,2-3,7-10,12-13H2,1H3,(H,18,20). The maximum Gasteiger partial charge on any atom is 0.223 e. The minimum absolute atomic E-state index is 0.0117. The third-order valence-electron chi connectivity index (χ3n) is 4.25. The number of rotatable bonds is 7. The summed E-state index contributed by atoms with van der Waals surface area (Å²) in [6, 6.07) is 7.80. The Kier molecular flexibility index (Phi) is 5.62. The van der Waals surface area contributed by atoms with E-state index in [2.05, 4.69) is 5.32 Å². The van der Waals surface area contributed by atoms with Gasteiger partial charge in [-0.2, -0.15) is 0 Å². The molecule has 21 heavy (non-hydrogen) atoms. The highest BCUT2D eigenvalue weighted by molar-refractivity contribution is 5.76. The van der Waals surface area contributed by atoms with Crippen LogP contribution in [0, 0.1) is 12.3 Å². The number of amides is 1. The van der Waals surface area contributed by atoms with Crippen molar-refractivity contribution in [2.45, 2.75) is 39.0 Å². The molecule has 116 valence electrons. The van der Waals surface area contributed by atoms with Crippen molar-refractivity contribution in [3.8, 4) is 5.75 Å². The largest absolute Gasteiger partial charge is 0.493 e. The zero-order valence-corrected chi connectivity index (χ0v) is 12.7. The van der Waals surface area contributed by atoms with E-state index >= 15 is 0 Å². The second kappa shape index (κ2) is 7.46. The molecule has 0 atom stereocenters. The molecule has 1 fully saturated rings. The highest BCUT2D eigenvalue weighted by Gasteiger charge is 2.33. The fourth-order valence-corrected chi connectivity index (χ4v) is 2.86. The lowest BCUT2D eigenvalue weighted by molar-refractivity contribution is -0.122. The first kappa shape index (κ1) is 15.8. The van der Waals surface area contributed by atoms with Gasteiger partial charge in [-0.3, -0.25) is 4.79 Å². The Morgan fingerprint density at radius 3 is 2.81 bits per heavy atom. The summed E-state index contributed by atoms with van der Waals surface area (Å²) >= 11 is 0. The van der Waals surface area contributed by atoms with Gasteiger partial charge in [-0.1, -0.05) is 25.0 Å². The number of hydrogen-bond acceptors (Lipinski definition) is 3. The number of nitrogens with one attached hydrogen (secondary N) is 1. The van der Waals surface area contributed by atoms with Crippen LogP contribution >= 0.6 is 0 Å². The lowest BCUT2D eigenvalue weighted by Crippen LogP contribution is -2.38. The molecule has 0 radical (unpaired) electrons.